The third-order valence-corrected chi connectivity index (χ3v) is 3.68. The van der Waals surface area contributed by atoms with Crippen molar-refractivity contribution >= 4 is 33.2 Å². The van der Waals surface area contributed by atoms with Crippen LogP contribution in [0.25, 0.3) is 0 Å². The lowest BCUT2D eigenvalue weighted by atomic mass is 10.3. The Labute approximate surface area is 123 Å². The summed E-state index contributed by atoms with van der Waals surface area (Å²) in [5.41, 5.74) is 0.713. The number of carbonyl (C=O) groups is 1. The summed E-state index contributed by atoms with van der Waals surface area (Å²) in [5.74, 6) is 0.490. The van der Waals surface area contributed by atoms with Crippen LogP contribution in [0.4, 0.5) is 0 Å². The van der Waals surface area contributed by atoms with Crippen LogP contribution in [0.5, 0.6) is 5.75 Å². The van der Waals surface area contributed by atoms with Crippen LogP contribution in [0.2, 0.25) is 0 Å². The number of carbonyl (C=O) groups excluding carboxylic acids is 1. The molecule has 0 saturated heterocycles. The molecule has 0 N–H and O–H groups in total. The molecule has 0 amide bonds. The summed E-state index contributed by atoms with van der Waals surface area (Å²) in [6.07, 6.45) is 0.198. The first-order valence-electron chi connectivity index (χ1n) is 5.56. The zero-order chi connectivity index (χ0) is 13.7. The Morgan fingerprint density at radius 2 is 2.32 bits per heavy atom. The van der Waals surface area contributed by atoms with Gasteiger partial charge in [0, 0.05) is 9.85 Å². The van der Waals surface area contributed by atoms with Crippen molar-refractivity contribution in [2.75, 3.05) is 7.11 Å². The van der Waals surface area contributed by atoms with Crippen LogP contribution < -0.4 is 4.74 Å². The summed E-state index contributed by atoms with van der Waals surface area (Å²) in [5, 5.41) is 2.68. The first-order chi connectivity index (χ1) is 9.17. The Hall–Kier alpha value is -1.40. The van der Waals surface area contributed by atoms with Crippen LogP contribution in [0, 0.1) is 0 Å². The molecule has 4 nitrogen and oxygen atoms in total. The fourth-order valence-electron chi connectivity index (χ4n) is 1.42. The number of benzene rings is 1. The summed E-state index contributed by atoms with van der Waals surface area (Å²) in [6, 6.07) is 7.62. The van der Waals surface area contributed by atoms with Crippen molar-refractivity contribution < 1.29 is 14.3 Å². The molecule has 0 aliphatic rings. The van der Waals surface area contributed by atoms with Gasteiger partial charge in [-0.2, -0.15) is 0 Å². The Balaban J connectivity index is 1.91. The van der Waals surface area contributed by atoms with Crippen molar-refractivity contribution in [3.8, 4) is 5.75 Å². The number of rotatable bonds is 5. The molecule has 1 aromatic heterocycles. The second kappa shape index (κ2) is 6.68. The highest BCUT2D eigenvalue weighted by molar-refractivity contribution is 9.10. The van der Waals surface area contributed by atoms with Crippen LogP contribution >= 0.6 is 27.3 Å². The average Bonchev–Trinajstić information content (AvgIpc) is 2.84. The van der Waals surface area contributed by atoms with E-state index in [1.165, 1.54) is 18.4 Å². The molecule has 0 atom stereocenters. The second-order valence-electron chi connectivity index (χ2n) is 3.73. The standard InChI is InChI=1S/C13H12BrNO3S/c1-17-13(16)6-10-8-19-12(15-10)7-18-11-4-2-3-9(14)5-11/h2-5,8H,6-7H2,1H3. The van der Waals surface area contributed by atoms with E-state index in [9.17, 15) is 4.79 Å². The number of methoxy groups -OCH3 is 1. The number of esters is 1. The minimum absolute atomic E-state index is 0.198. The highest BCUT2D eigenvalue weighted by Gasteiger charge is 2.08. The fourth-order valence-corrected chi connectivity index (χ4v) is 2.50. The predicted octanol–water partition coefficient (Wildman–Crippen LogP) is 3.20. The summed E-state index contributed by atoms with van der Waals surface area (Å²) in [6.45, 7) is 0.391. The molecule has 100 valence electrons. The van der Waals surface area contributed by atoms with Gasteiger partial charge in [0.2, 0.25) is 0 Å². The van der Waals surface area contributed by atoms with E-state index in [2.05, 4.69) is 25.7 Å². The molecule has 2 aromatic rings. The van der Waals surface area contributed by atoms with Gasteiger partial charge in [0.1, 0.15) is 17.4 Å². The van der Waals surface area contributed by atoms with Crippen molar-refractivity contribution in [2.45, 2.75) is 13.0 Å². The first kappa shape index (κ1) is 14.0. The molecule has 0 radical (unpaired) electrons. The van der Waals surface area contributed by atoms with E-state index in [0.29, 0.717) is 12.3 Å². The van der Waals surface area contributed by atoms with Gasteiger partial charge in [0.25, 0.3) is 0 Å². The Morgan fingerprint density at radius 1 is 1.47 bits per heavy atom. The molecular formula is C13H12BrNO3S. The number of hydrogen-bond acceptors (Lipinski definition) is 5. The van der Waals surface area contributed by atoms with Crippen molar-refractivity contribution in [2.24, 2.45) is 0 Å². The monoisotopic (exact) mass is 341 g/mol. The number of nitrogens with zero attached hydrogens (tertiary/aromatic N) is 1. The van der Waals surface area contributed by atoms with Gasteiger partial charge in [-0.15, -0.1) is 11.3 Å². The normalized spacial score (nSPS) is 10.2. The molecule has 2 rings (SSSR count). The molecule has 0 aliphatic heterocycles. The van der Waals surface area contributed by atoms with Gasteiger partial charge in [0.15, 0.2) is 0 Å². The van der Waals surface area contributed by atoms with Gasteiger partial charge in [-0.3, -0.25) is 4.79 Å². The van der Waals surface area contributed by atoms with E-state index >= 15 is 0 Å². The smallest absolute Gasteiger partial charge is 0.311 e. The second-order valence-corrected chi connectivity index (χ2v) is 5.59. The molecule has 19 heavy (non-hydrogen) atoms. The quantitative estimate of drug-likeness (QED) is 0.783. The third kappa shape index (κ3) is 4.33. The van der Waals surface area contributed by atoms with Crippen LogP contribution in [0.3, 0.4) is 0 Å². The highest BCUT2D eigenvalue weighted by Crippen LogP contribution is 2.20. The van der Waals surface area contributed by atoms with E-state index in [0.717, 1.165) is 15.2 Å². The maximum Gasteiger partial charge on any atom is 0.311 e. The third-order valence-electron chi connectivity index (χ3n) is 2.31. The lowest BCUT2D eigenvalue weighted by Gasteiger charge is -2.03. The zero-order valence-corrected chi connectivity index (χ0v) is 12.7. The maximum atomic E-state index is 11.1. The van der Waals surface area contributed by atoms with Crippen LogP contribution in [0.1, 0.15) is 10.7 Å². The molecule has 0 aliphatic carbocycles. The Morgan fingerprint density at radius 3 is 3.05 bits per heavy atom. The Kier molecular flexibility index (Phi) is 4.93. The van der Waals surface area contributed by atoms with Crippen molar-refractivity contribution in [3.63, 3.8) is 0 Å². The highest BCUT2D eigenvalue weighted by atomic mass is 79.9. The van der Waals surface area contributed by atoms with E-state index in [1.807, 2.05) is 29.6 Å². The number of aromatic nitrogens is 1. The molecule has 0 fully saturated rings. The number of thiazole rings is 1. The van der Waals surface area contributed by atoms with Crippen LogP contribution in [0.15, 0.2) is 34.1 Å². The molecule has 0 spiro atoms. The fraction of sp³-hybridized carbons (Fsp3) is 0.231. The van der Waals surface area contributed by atoms with Gasteiger partial charge in [-0.25, -0.2) is 4.98 Å². The van der Waals surface area contributed by atoms with Gasteiger partial charge in [0.05, 0.1) is 19.2 Å². The van der Waals surface area contributed by atoms with Gasteiger partial charge < -0.3 is 9.47 Å². The zero-order valence-electron chi connectivity index (χ0n) is 10.3. The van der Waals surface area contributed by atoms with Crippen LogP contribution in [-0.2, 0) is 22.6 Å². The number of ether oxygens (including phenoxy) is 2. The van der Waals surface area contributed by atoms with E-state index in [4.69, 9.17) is 4.74 Å². The Bertz CT molecular complexity index is 571. The predicted molar refractivity (Wildman–Crippen MR) is 76.3 cm³/mol. The first-order valence-corrected chi connectivity index (χ1v) is 7.23. The van der Waals surface area contributed by atoms with E-state index in [-0.39, 0.29) is 12.4 Å². The largest absolute Gasteiger partial charge is 0.486 e. The number of halogens is 1. The van der Waals surface area contributed by atoms with Crippen molar-refractivity contribution in [1.29, 1.82) is 0 Å². The average molecular weight is 342 g/mol. The van der Waals surface area contributed by atoms with Crippen LogP contribution in [-0.4, -0.2) is 18.1 Å². The SMILES string of the molecule is COC(=O)Cc1csc(COc2cccc(Br)c2)n1. The summed E-state index contributed by atoms with van der Waals surface area (Å²) >= 11 is 4.85. The molecule has 1 heterocycles. The molecule has 1 aromatic carbocycles. The van der Waals surface area contributed by atoms with Crippen molar-refractivity contribution in [3.05, 3.63) is 44.8 Å². The van der Waals surface area contributed by atoms with E-state index in [1.54, 1.807) is 0 Å². The molecule has 6 heteroatoms. The van der Waals surface area contributed by atoms with Crippen molar-refractivity contribution in [1.82, 2.24) is 4.98 Å². The number of hydrogen-bond donors (Lipinski definition) is 0. The molecule has 0 saturated carbocycles. The lowest BCUT2D eigenvalue weighted by Crippen LogP contribution is -2.05. The minimum Gasteiger partial charge on any atom is -0.486 e. The van der Waals surface area contributed by atoms with E-state index < -0.39 is 0 Å². The topological polar surface area (TPSA) is 48.4 Å². The van der Waals surface area contributed by atoms with Gasteiger partial charge in [-0.05, 0) is 18.2 Å². The molecule has 0 bridgehead atoms. The minimum atomic E-state index is -0.287. The molecule has 0 unspecified atom stereocenters. The lowest BCUT2D eigenvalue weighted by molar-refractivity contribution is -0.139. The van der Waals surface area contributed by atoms with Gasteiger partial charge >= 0.3 is 5.97 Å². The maximum absolute atomic E-state index is 11.1. The summed E-state index contributed by atoms with van der Waals surface area (Å²) in [7, 11) is 1.37. The van der Waals surface area contributed by atoms with Gasteiger partial charge in [-0.1, -0.05) is 22.0 Å². The summed E-state index contributed by atoms with van der Waals surface area (Å²) in [4.78, 5) is 15.4. The molecular weight excluding hydrogens is 330 g/mol. The summed E-state index contributed by atoms with van der Waals surface area (Å²) < 4.78 is 11.2.